The zero-order valence-corrected chi connectivity index (χ0v) is 10.4. The molecule has 0 atom stereocenters. The summed E-state index contributed by atoms with van der Waals surface area (Å²) in [6.45, 7) is 2.97. The lowest BCUT2D eigenvalue weighted by Crippen LogP contribution is -2.08. The number of ketones is 1. The first-order chi connectivity index (χ1) is 7.24. The van der Waals surface area contributed by atoms with Gasteiger partial charge in [-0.3, -0.25) is 4.79 Å². The van der Waals surface area contributed by atoms with Crippen LogP contribution in [0.15, 0.2) is 12.1 Å². The van der Waals surface area contributed by atoms with Gasteiger partial charge in [-0.05, 0) is 18.6 Å². The standard InChI is InChI=1S/C11H15ClO2S/c1-2-3-4-7-14-8-9(13)10-5-6-11(12)15-10/h5-6H,2-4,7-8H2,1H3. The van der Waals surface area contributed by atoms with Crippen LogP contribution >= 0.6 is 22.9 Å². The Morgan fingerprint density at radius 1 is 1.47 bits per heavy atom. The van der Waals surface area contributed by atoms with Crippen LogP contribution in [0.5, 0.6) is 0 Å². The topological polar surface area (TPSA) is 26.3 Å². The van der Waals surface area contributed by atoms with E-state index in [1.165, 1.54) is 11.3 Å². The normalized spacial score (nSPS) is 10.5. The van der Waals surface area contributed by atoms with E-state index in [1.807, 2.05) is 0 Å². The molecule has 0 unspecified atom stereocenters. The van der Waals surface area contributed by atoms with Crippen molar-refractivity contribution in [3.05, 3.63) is 21.3 Å². The smallest absolute Gasteiger partial charge is 0.198 e. The molecule has 0 fully saturated rings. The summed E-state index contributed by atoms with van der Waals surface area (Å²) in [5.74, 6) is 0.0170. The summed E-state index contributed by atoms with van der Waals surface area (Å²) in [6.07, 6.45) is 3.34. The number of halogens is 1. The highest BCUT2D eigenvalue weighted by Crippen LogP contribution is 2.21. The van der Waals surface area contributed by atoms with Gasteiger partial charge in [0.15, 0.2) is 5.78 Å². The van der Waals surface area contributed by atoms with Gasteiger partial charge in [0.25, 0.3) is 0 Å². The van der Waals surface area contributed by atoms with Crippen LogP contribution in [0.3, 0.4) is 0 Å². The SMILES string of the molecule is CCCCCOCC(=O)c1ccc(Cl)s1. The fourth-order valence-corrected chi connectivity index (χ4v) is 2.12. The summed E-state index contributed by atoms with van der Waals surface area (Å²) in [7, 11) is 0. The Hall–Kier alpha value is -0.380. The number of hydrogen-bond donors (Lipinski definition) is 0. The Morgan fingerprint density at radius 3 is 2.87 bits per heavy atom. The molecule has 0 aliphatic rings. The summed E-state index contributed by atoms with van der Waals surface area (Å²) in [5, 5.41) is 0. The maximum atomic E-state index is 11.5. The molecule has 0 N–H and O–H groups in total. The number of ether oxygens (including phenoxy) is 1. The minimum Gasteiger partial charge on any atom is -0.373 e. The van der Waals surface area contributed by atoms with Crippen LogP contribution in [0.2, 0.25) is 4.34 Å². The Morgan fingerprint density at radius 2 is 2.27 bits per heavy atom. The quantitative estimate of drug-likeness (QED) is 0.541. The second-order valence-corrected chi connectivity index (χ2v) is 5.00. The van der Waals surface area contributed by atoms with Crippen LogP contribution in [-0.2, 0) is 4.74 Å². The maximum absolute atomic E-state index is 11.5. The van der Waals surface area contributed by atoms with Crippen molar-refractivity contribution in [1.82, 2.24) is 0 Å². The summed E-state index contributed by atoms with van der Waals surface area (Å²) in [6, 6.07) is 3.47. The van der Waals surface area contributed by atoms with Gasteiger partial charge >= 0.3 is 0 Å². The number of carbonyl (C=O) groups excluding carboxylic acids is 1. The van der Waals surface area contributed by atoms with Crippen LogP contribution in [0.1, 0.15) is 35.9 Å². The van der Waals surface area contributed by atoms with E-state index >= 15 is 0 Å². The highest BCUT2D eigenvalue weighted by atomic mass is 35.5. The summed E-state index contributed by atoms with van der Waals surface area (Å²) < 4.78 is 5.92. The van der Waals surface area contributed by atoms with Crippen LogP contribution < -0.4 is 0 Å². The fourth-order valence-electron chi connectivity index (χ4n) is 1.15. The van der Waals surface area contributed by atoms with Crippen molar-refractivity contribution < 1.29 is 9.53 Å². The number of carbonyl (C=O) groups is 1. The van der Waals surface area contributed by atoms with Crippen molar-refractivity contribution in [1.29, 1.82) is 0 Å². The van der Waals surface area contributed by atoms with Gasteiger partial charge in [-0.15, -0.1) is 11.3 Å². The summed E-state index contributed by atoms with van der Waals surface area (Å²) in [5.41, 5.74) is 0. The zero-order chi connectivity index (χ0) is 11.1. The van der Waals surface area contributed by atoms with Gasteiger partial charge in [-0.2, -0.15) is 0 Å². The molecule has 1 rings (SSSR count). The first-order valence-corrected chi connectivity index (χ1v) is 6.29. The largest absolute Gasteiger partial charge is 0.373 e. The second-order valence-electron chi connectivity index (χ2n) is 3.29. The first-order valence-electron chi connectivity index (χ1n) is 5.10. The van der Waals surface area contributed by atoms with E-state index in [1.54, 1.807) is 12.1 Å². The Kier molecular flexibility index (Phi) is 5.91. The van der Waals surface area contributed by atoms with Crippen molar-refractivity contribution in [3.8, 4) is 0 Å². The molecule has 0 saturated carbocycles. The molecule has 1 aromatic heterocycles. The lowest BCUT2D eigenvalue weighted by Gasteiger charge is -2.01. The third kappa shape index (κ3) is 4.78. The Labute approximate surface area is 99.2 Å². The number of hydrogen-bond acceptors (Lipinski definition) is 3. The number of rotatable bonds is 7. The van der Waals surface area contributed by atoms with E-state index < -0.39 is 0 Å². The Bertz CT molecular complexity index is 309. The van der Waals surface area contributed by atoms with Crippen LogP contribution in [0, 0.1) is 0 Å². The third-order valence-corrected chi connectivity index (χ3v) is 3.25. The monoisotopic (exact) mass is 246 g/mol. The van der Waals surface area contributed by atoms with E-state index in [-0.39, 0.29) is 12.4 Å². The second kappa shape index (κ2) is 6.99. The molecule has 0 saturated heterocycles. The molecular weight excluding hydrogens is 232 g/mol. The molecule has 0 aromatic carbocycles. The first kappa shape index (κ1) is 12.7. The number of unbranched alkanes of at least 4 members (excludes halogenated alkanes) is 2. The van der Waals surface area contributed by atoms with E-state index in [4.69, 9.17) is 16.3 Å². The molecule has 2 nitrogen and oxygen atoms in total. The summed E-state index contributed by atoms with van der Waals surface area (Å²) in [4.78, 5) is 12.2. The minimum atomic E-state index is 0.0170. The van der Waals surface area contributed by atoms with Gasteiger partial charge in [0.05, 0.1) is 9.21 Å². The number of thiophene rings is 1. The van der Waals surface area contributed by atoms with Gasteiger partial charge in [-0.1, -0.05) is 31.4 Å². The van der Waals surface area contributed by atoms with Crippen molar-refractivity contribution in [2.45, 2.75) is 26.2 Å². The molecule has 1 aromatic rings. The van der Waals surface area contributed by atoms with E-state index in [0.717, 1.165) is 19.3 Å². The molecule has 0 radical (unpaired) electrons. The molecule has 4 heteroatoms. The fraction of sp³-hybridized carbons (Fsp3) is 0.545. The van der Waals surface area contributed by atoms with E-state index in [9.17, 15) is 4.79 Å². The predicted molar refractivity (Wildman–Crippen MR) is 64.0 cm³/mol. The van der Waals surface area contributed by atoms with Gasteiger partial charge in [-0.25, -0.2) is 0 Å². The average Bonchev–Trinajstić information content (AvgIpc) is 2.64. The van der Waals surface area contributed by atoms with Gasteiger partial charge in [0, 0.05) is 6.61 Å². The zero-order valence-electron chi connectivity index (χ0n) is 8.79. The van der Waals surface area contributed by atoms with Crippen LogP contribution in [0.4, 0.5) is 0 Å². The molecular formula is C11H15ClO2S. The van der Waals surface area contributed by atoms with Crippen LogP contribution in [-0.4, -0.2) is 19.0 Å². The number of Topliss-reactive ketones (excluding diaryl/α,β-unsaturated/α-hetero) is 1. The molecule has 84 valence electrons. The maximum Gasteiger partial charge on any atom is 0.198 e. The molecule has 0 spiro atoms. The van der Waals surface area contributed by atoms with Gasteiger partial charge < -0.3 is 4.74 Å². The molecule has 0 aliphatic carbocycles. The average molecular weight is 247 g/mol. The van der Waals surface area contributed by atoms with Gasteiger partial charge in [0.2, 0.25) is 0 Å². The molecule has 0 bridgehead atoms. The predicted octanol–water partition coefficient (Wildman–Crippen LogP) is 3.79. The Balaban J connectivity index is 2.19. The lowest BCUT2D eigenvalue weighted by atomic mass is 10.3. The summed E-state index contributed by atoms with van der Waals surface area (Å²) >= 11 is 7.03. The lowest BCUT2D eigenvalue weighted by molar-refractivity contribution is 0.0757. The molecule has 0 aliphatic heterocycles. The molecule has 1 heterocycles. The highest BCUT2D eigenvalue weighted by molar-refractivity contribution is 7.18. The van der Waals surface area contributed by atoms with Crippen molar-refractivity contribution in [2.24, 2.45) is 0 Å². The molecule has 15 heavy (non-hydrogen) atoms. The van der Waals surface area contributed by atoms with Crippen LogP contribution in [0.25, 0.3) is 0 Å². The van der Waals surface area contributed by atoms with E-state index in [0.29, 0.717) is 15.8 Å². The highest BCUT2D eigenvalue weighted by Gasteiger charge is 2.08. The van der Waals surface area contributed by atoms with Gasteiger partial charge in [0.1, 0.15) is 6.61 Å². The van der Waals surface area contributed by atoms with Crippen molar-refractivity contribution in [3.63, 3.8) is 0 Å². The van der Waals surface area contributed by atoms with Crippen molar-refractivity contribution in [2.75, 3.05) is 13.2 Å². The van der Waals surface area contributed by atoms with E-state index in [2.05, 4.69) is 6.92 Å². The third-order valence-electron chi connectivity index (χ3n) is 1.97. The molecule has 0 amide bonds. The minimum absolute atomic E-state index is 0.0170. The van der Waals surface area contributed by atoms with Crippen molar-refractivity contribution >= 4 is 28.7 Å².